The van der Waals surface area contributed by atoms with Crippen molar-refractivity contribution in [1.82, 2.24) is 34.6 Å². The molecule has 0 aliphatic heterocycles. The fourth-order valence-corrected chi connectivity index (χ4v) is 5.94. The third kappa shape index (κ3) is 6.90. The lowest BCUT2D eigenvalue weighted by Crippen LogP contribution is -2.33. The van der Waals surface area contributed by atoms with Crippen LogP contribution in [0.25, 0.3) is 27.7 Å². The summed E-state index contributed by atoms with van der Waals surface area (Å²) < 4.78 is 18.3. The van der Waals surface area contributed by atoms with E-state index in [4.69, 9.17) is 5.73 Å². The number of nitrogens with zero attached hydrogens (tertiary/aromatic N) is 6. The zero-order valence-corrected chi connectivity index (χ0v) is 28.1. The molecule has 49 heavy (non-hydrogen) atoms. The summed E-state index contributed by atoms with van der Waals surface area (Å²) >= 11 is 0. The number of amides is 1. The highest BCUT2D eigenvalue weighted by atomic mass is 32.2. The lowest BCUT2D eigenvalue weighted by molar-refractivity contribution is 0.0934. The summed E-state index contributed by atoms with van der Waals surface area (Å²) in [5.41, 5.74) is 10.5. The van der Waals surface area contributed by atoms with Gasteiger partial charge in [0.05, 0.1) is 52.7 Å². The number of hydrogen-bond donors (Lipinski definition) is 3. The van der Waals surface area contributed by atoms with Gasteiger partial charge in [0, 0.05) is 51.7 Å². The first-order valence-electron chi connectivity index (χ1n) is 15.1. The molecule has 0 saturated carbocycles. The molecule has 6 rings (SSSR count). The maximum atomic E-state index is 14.4. The number of para-hydroxylation sites is 1. The number of anilines is 2. The second kappa shape index (κ2) is 13.1. The number of nitrogens with two attached hydrogens (primary N) is 1. The van der Waals surface area contributed by atoms with E-state index < -0.39 is 21.7 Å². The minimum atomic E-state index is -2.55. The highest BCUT2D eigenvalue weighted by molar-refractivity contribution is 8.00. The number of aryl methyl sites for hydroxylation is 1. The summed E-state index contributed by atoms with van der Waals surface area (Å²) in [6.07, 6.45) is 7.64. The highest BCUT2D eigenvalue weighted by Crippen LogP contribution is 2.25. The summed E-state index contributed by atoms with van der Waals surface area (Å²) in [5.74, 6) is 9.28. The van der Waals surface area contributed by atoms with Crippen LogP contribution < -0.4 is 21.3 Å². The Kier molecular flexibility index (Phi) is 8.73. The van der Waals surface area contributed by atoms with Crippen LogP contribution >= 0.6 is 0 Å². The molecule has 1 unspecified atom stereocenters. The number of benzene rings is 2. The van der Waals surface area contributed by atoms with Crippen molar-refractivity contribution in [2.75, 3.05) is 16.7 Å². The summed E-state index contributed by atoms with van der Waals surface area (Å²) in [7, 11) is -0.698. The van der Waals surface area contributed by atoms with Gasteiger partial charge in [-0.15, -0.1) is 0 Å². The van der Waals surface area contributed by atoms with Crippen LogP contribution in [0.5, 0.6) is 0 Å². The van der Waals surface area contributed by atoms with Crippen molar-refractivity contribution < 1.29 is 9.00 Å². The van der Waals surface area contributed by atoms with Gasteiger partial charge in [0.1, 0.15) is 0 Å². The van der Waals surface area contributed by atoms with Crippen molar-refractivity contribution in [2.45, 2.75) is 19.9 Å². The Morgan fingerprint density at radius 2 is 1.78 bits per heavy atom. The average molecular weight is 672 g/mol. The van der Waals surface area contributed by atoms with Gasteiger partial charge >= 0.3 is 0 Å². The zero-order chi connectivity index (χ0) is 34.9. The van der Waals surface area contributed by atoms with Gasteiger partial charge in [-0.3, -0.25) is 23.8 Å². The zero-order valence-electron chi connectivity index (χ0n) is 27.3. The predicted molar refractivity (Wildman–Crippen MR) is 194 cm³/mol. The van der Waals surface area contributed by atoms with Gasteiger partial charge in [0.15, 0.2) is 11.5 Å². The van der Waals surface area contributed by atoms with Crippen LogP contribution in [-0.2, 0) is 16.8 Å². The van der Waals surface area contributed by atoms with E-state index in [1.165, 1.54) is 18.6 Å². The Morgan fingerprint density at radius 1 is 1.02 bits per heavy atom. The van der Waals surface area contributed by atoms with Gasteiger partial charge < -0.3 is 15.8 Å². The summed E-state index contributed by atoms with van der Waals surface area (Å²) in [6.45, 7) is 3.71. The van der Waals surface area contributed by atoms with E-state index in [2.05, 4.69) is 47.8 Å². The monoisotopic (exact) mass is 671 g/mol. The molecule has 2 atom stereocenters. The average Bonchev–Trinajstić information content (AvgIpc) is 3.39. The van der Waals surface area contributed by atoms with Gasteiger partial charge in [0.2, 0.25) is 0 Å². The first-order valence-corrected chi connectivity index (χ1v) is 17.3. The van der Waals surface area contributed by atoms with Crippen LogP contribution in [0.1, 0.15) is 46.0 Å². The molecule has 0 saturated heterocycles. The number of carbonyl (C=O) groups excluding carboxylic acids is 1. The highest BCUT2D eigenvalue weighted by Gasteiger charge is 2.22. The van der Waals surface area contributed by atoms with Crippen LogP contribution in [0, 0.1) is 18.8 Å². The molecule has 0 aliphatic rings. The van der Waals surface area contributed by atoms with Gasteiger partial charge in [-0.25, -0.2) is 14.2 Å². The summed E-state index contributed by atoms with van der Waals surface area (Å²) in [5, 5.41) is 8.34. The van der Waals surface area contributed by atoms with Crippen molar-refractivity contribution in [2.24, 2.45) is 7.05 Å². The minimum Gasteiger partial charge on any atom is -0.382 e. The number of fused-ring (bicyclic) bond motifs is 1. The van der Waals surface area contributed by atoms with Gasteiger partial charge in [-0.1, -0.05) is 42.2 Å². The Hall–Kier alpha value is -6.26. The number of nitrogen functional groups attached to an aromatic ring is 1. The molecule has 13 heteroatoms. The number of rotatable bonds is 7. The van der Waals surface area contributed by atoms with E-state index >= 15 is 0 Å². The van der Waals surface area contributed by atoms with E-state index in [1.54, 1.807) is 34.6 Å². The van der Waals surface area contributed by atoms with E-state index in [0.29, 0.717) is 44.7 Å². The van der Waals surface area contributed by atoms with Crippen molar-refractivity contribution in [1.29, 1.82) is 0 Å². The molecular formula is C36H33N9O3S. The van der Waals surface area contributed by atoms with Crippen LogP contribution in [-0.4, -0.2) is 51.5 Å². The van der Waals surface area contributed by atoms with Crippen LogP contribution in [0.3, 0.4) is 0 Å². The number of aromatic nitrogens is 6. The molecule has 0 spiro atoms. The Labute approximate surface area is 283 Å². The second-order valence-corrected chi connectivity index (χ2v) is 13.8. The SMILES string of the molecule is C=S(C)(=O)Nc1cncc(-c2cnc(N)c(C(=O)N[C@H](C)c3cc4cccc(C#Cc5cnn(C)c5C)c4c(=O)n3-c3ccccc3)n2)c1. The summed E-state index contributed by atoms with van der Waals surface area (Å²) in [6, 6.07) is 17.6. The van der Waals surface area contributed by atoms with Crippen LogP contribution in [0.4, 0.5) is 11.5 Å². The molecule has 4 heterocycles. The Bertz CT molecular complexity index is 2480. The molecular weight excluding hydrogens is 639 g/mol. The Balaban J connectivity index is 1.39. The molecule has 12 nitrogen and oxygen atoms in total. The van der Waals surface area contributed by atoms with Gasteiger partial charge in [0.25, 0.3) is 11.5 Å². The fraction of sp³-hybridized carbons (Fsp3) is 0.139. The molecule has 246 valence electrons. The first-order chi connectivity index (χ1) is 23.4. The van der Waals surface area contributed by atoms with Crippen molar-refractivity contribution in [3.05, 3.63) is 124 Å². The number of nitrogens with one attached hydrogen (secondary N) is 2. The third-order valence-corrected chi connectivity index (χ3v) is 8.50. The van der Waals surface area contributed by atoms with E-state index in [9.17, 15) is 13.8 Å². The predicted octanol–water partition coefficient (Wildman–Crippen LogP) is 4.03. The first kappa shape index (κ1) is 32.7. The number of hydrogen-bond acceptors (Lipinski definition) is 8. The molecule has 4 aromatic heterocycles. The number of carbonyl (C=O) groups is 1. The largest absolute Gasteiger partial charge is 0.382 e. The lowest BCUT2D eigenvalue weighted by atomic mass is 10.0. The lowest BCUT2D eigenvalue weighted by Gasteiger charge is -2.21. The van der Waals surface area contributed by atoms with Crippen LogP contribution in [0.2, 0.25) is 0 Å². The summed E-state index contributed by atoms with van der Waals surface area (Å²) in [4.78, 5) is 41.0. The van der Waals surface area contributed by atoms with Gasteiger partial charge in [-0.05, 0) is 55.4 Å². The fourth-order valence-electron chi connectivity index (χ4n) is 5.33. The normalized spacial score (nSPS) is 12.8. The molecule has 1 amide bonds. The van der Waals surface area contributed by atoms with E-state index in [1.807, 2.05) is 68.6 Å². The molecule has 6 aromatic rings. The molecule has 2 aromatic carbocycles. The quantitative estimate of drug-likeness (QED) is 0.169. The molecule has 0 fully saturated rings. The molecule has 0 aliphatic carbocycles. The number of pyridine rings is 2. The standard InChI is InChI=1S/C36H33N9O3S/c1-22(41-35(46)33-34(37)39-21-30(42-33)27-16-28(20-38-18-27)43-49(4,5)48)31-17-25-11-9-10-24(14-15-26-19-40-44(3)23(26)2)32(25)36(47)45(31)29-12-7-6-8-13-29/h6-13,16-22H,4H2,1-3,5H3,(H2,37,39)(H,41,46)(H,43,48)/t22-,49?/m1/s1. The topological polar surface area (TPSA) is 163 Å². The molecule has 0 bridgehead atoms. The van der Waals surface area contributed by atoms with E-state index in [-0.39, 0.29) is 17.1 Å². The van der Waals surface area contributed by atoms with Crippen molar-refractivity contribution in [3.8, 4) is 28.8 Å². The molecule has 4 N–H and O–H groups in total. The van der Waals surface area contributed by atoms with E-state index in [0.717, 1.165) is 11.3 Å². The van der Waals surface area contributed by atoms with Crippen LogP contribution in [0.15, 0.2) is 90.2 Å². The van der Waals surface area contributed by atoms with Crippen molar-refractivity contribution >= 4 is 43.8 Å². The Morgan fingerprint density at radius 3 is 2.49 bits per heavy atom. The third-order valence-electron chi connectivity index (χ3n) is 7.83. The maximum Gasteiger partial charge on any atom is 0.274 e. The van der Waals surface area contributed by atoms with Crippen molar-refractivity contribution in [3.63, 3.8) is 0 Å². The smallest absolute Gasteiger partial charge is 0.274 e. The minimum absolute atomic E-state index is 0.0731. The second-order valence-electron chi connectivity index (χ2n) is 11.6. The van der Waals surface area contributed by atoms with Gasteiger partial charge in [-0.2, -0.15) is 5.10 Å². The molecule has 0 radical (unpaired) electrons. The maximum absolute atomic E-state index is 14.4.